The van der Waals surface area contributed by atoms with E-state index < -0.39 is 0 Å². The second-order valence-corrected chi connectivity index (χ2v) is 9.03. The number of rotatable bonds is 9. The minimum Gasteiger partial charge on any atom is -0.490 e. The minimum absolute atomic E-state index is 0.242. The van der Waals surface area contributed by atoms with Crippen LogP contribution in [0.1, 0.15) is 31.1 Å². The molecule has 1 saturated heterocycles. The van der Waals surface area contributed by atoms with Gasteiger partial charge in [-0.2, -0.15) is 0 Å². The van der Waals surface area contributed by atoms with Crippen LogP contribution in [0, 0.1) is 0 Å². The van der Waals surface area contributed by atoms with Gasteiger partial charge in [0.05, 0.1) is 30.0 Å². The van der Waals surface area contributed by atoms with E-state index in [4.69, 9.17) is 19.2 Å². The normalized spacial score (nSPS) is 14.3. The Morgan fingerprint density at radius 3 is 2.24 bits per heavy atom. The molecule has 0 bridgehead atoms. The van der Waals surface area contributed by atoms with Gasteiger partial charge in [0, 0.05) is 37.4 Å². The molecule has 1 aliphatic rings. The monoisotopic (exact) mass is 484 g/mol. The number of ether oxygens (including phenoxy) is 3. The maximum Gasteiger partial charge on any atom is 0.255 e. The molecule has 1 aliphatic heterocycles. The van der Waals surface area contributed by atoms with Gasteiger partial charge in [-0.1, -0.05) is 11.3 Å². The molecule has 2 aromatic carbocycles. The zero-order valence-electron chi connectivity index (χ0n) is 20.2. The molecule has 1 amide bonds. The van der Waals surface area contributed by atoms with Crippen molar-refractivity contribution in [3.05, 3.63) is 35.9 Å². The third kappa shape index (κ3) is 5.37. The summed E-state index contributed by atoms with van der Waals surface area (Å²) in [7, 11) is 2.14. The third-order valence-electron chi connectivity index (χ3n) is 5.58. The zero-order chi connectivity index (χ0) is 24.1. The lowest BCUT2D eigenvalue weighted by Gasteiger charge is -2.31. The first-order valence-electron chi connectivity index (χ1n) is 11.7. The fraction of sp³-hybridized carbons (Fsp3) is 0.440. The predicted octanol–water partition coefficient (Wildman–Crippen LogP) is 4.50. The van der Waals surface area contributed by atoms with Gasteiger partial charge >= 0.3 is 0 Å². The van der Waals surface area contributed by atoms with Crippen molar-refractivity contribution in [2.45, 2.75) is 20.8 Å². The molecule has 182 valence electrons. The first-order valence-corrected chi connectivity index (χ1v) is 12.6. The number of amides is 1. The Morgan fingerprint density at radius 1 is 0.971 bits per heavy atom. The van der Waals surface area contributed by atoms with Crippen LogP contribution in [0.2, 0.25) is 0 Å². The summed E-state index contributed by atoms with van der Waals surface area (Å²) in [5.74, 6) is 1.27. The number of likely N-dealkylation sites (N-methyl/N-ethyl adjacent to an activating group) is 1. The standard InChI is InChI=1S/C25H32N4O4S/c1-5-31-20-14-17(15-21(32-6-2)23(20)33-7-3)24(30)26-18-8-9-19-22(16-18)34-25(27-19)29-12-10-28(4)11-13-29/h8-9,14-16H,5-7,10-13H2,1-4H3,(H,26,30). The molecule has 34 heavy (non-hydrogen) atoms. The predicted molar refractivity (Wildman–Crippen MR) is 137 cm³/mol. The molecular formula is C25H32N4O4S. The Morgan fingerprint density at radius 2 is 1.62 bits per heavy atom. The van der Waals surface area contributed by atoms with Crippen LogP contribution >= 0.6 is 11.3 Å². The maximum absolute atomic E-state index is 13.1. The largest absolute Gasteiger partial charge is 0.490 e. The average Bonchev–Trinajstić information content (AvgIpc) is 3.25. The number of carbonyl (C=O) groups is 1. The van der Waals surface area contributed by atoms with Gasteiger partial charge in [0.25, 0.3) is 5.91 Å². The zero-order valence-corrected chi connectivity index (χ0v) is 21.0. The molecule has 0 spiro atoms. The van der Waals surface area contributed by atoms with E-state index in [-0.39, 0.29) is 5.91 Å². The summed E-state index contributed by atoms with van der Waals surface area (Å²) in [6, 6.07) is 9.21. The second-order valence-electron chi connectivity index (χ2n) is 8.02. The van der Waals surface area contributed by atoms with Crippen LogP contribution in [0.15, 0.2) is 30.3 Å². The lowest BCUT2D eigenvalue weighted by atomic mass is 10.1. The number of thiazole rings is 1. The van der Waals surface area contributed by atoms with Crippen molar-refractivity contribution in [2.24, 2.45) is 0 Å². The van der Waals surface area contributed by atoms with Gasteiger partial charge < -0.3 is 29.3 Å². The van der Waals surface area contributed by atoms with E-state index in [1.807, 2.05) is 39.0 Å². The van der Waals surface area contributed by atoms with E-state index in [1.54, 1.807) is 23.5 Å². The molecule has 8 nitrogen and oxygen atoms in total. The Kier molecular flexibility index (Phi) is 7.74. The summed E-state index contributed by atoms with van der Waals surface area (Å²) in [5, 5.41) is 4.03. The summed E-state index contributed by atoms with van der Waals surface area (Å²) in [5.41, 5.74) is 2.10. The molecular weight excluding hydrogens is 452 g/mol. The summed E-state index contributed by atoms with van der Waals surface area (Å²) in [6.45, 7) is 11.1. The van der Waals surface area contributed by atoms with Crippen LogP contribution in [-0.4, -0.2) is 68.8 Å². The lowest BCUT2D eigenvalue weighted by molar-refractivity contribution is 0.102. The summed E-state index contributed by atoms with van der Waals surface area (Å²) in [4.78, 5) is 22.6. The molecule has 1 N–H and O–H groups in total. The van der Waals surface area contributed by atoms with Gasteiger partial charge in [0.15, 0.2) is 16.6 Å². The molecule has 3 aromatic rings. The average molecular weight is 485 g/mol. The van der Waals surface area contributed by atoms with Crippen LogP contribution in [0.5, 0.6) is 17.2 Å². The molecule has 0 atom stereocenters. The summed E-state index contributed by atoms with van der Waals surface area (Å²) >= 11 is 1.66. The van der Waals surface area contributed by atoms with Gasteiger partial charge in [-0.05, 0) is 58.2 Å². The van der Waals surface area contributed by atoms with Crippen molar-refractivity contribution < 1.29 is 19.0 Å². The number of carbonyl (C=O) groups excluding carboxylic acids is 1. The number of fused-ring (bicyclic) bond motifs is 1. The quantitative estimate of drug-likeness (QED) is 0.479. The number of nitrogens with zero attached hydrogens (tertiary/aromatic N) is 3. The molecule has 1 fully saturated rings. The SMILES string of the molecule is CCOc1cc(C(=O)Nc2ccc3nc(N4CCN(C)CC4)sc3c2)cc(OCC)c1OCC. The van der Waals surface area contributed by atoms with E-state index in [0.29, 0.717) is 42.6 Å². The van der Waals surface area contributed by atoms with Crippen molar-refractivity contribution in [1.82, 2.24) is 9.88 Å². The fourth-order valence-electron chi connectivity index (χ4n) is 3.85. The number of hydrogen-bond donors (Lipinski definition) is 1. The van der Waals surface area contributed by atoms with Crippen LogP contribution < -0.4 is 24.4 Å². The molecule has 0 aliphatic carbocycles. The van der Waals surface area contributed by atoms with E-state index in [9.17, 15) is 4.79 Å². The lowest BCUT2D eigenvalue weighted by Crippen LogP contribution is -2.44. The van der Waals surface area contributed by atoms with Gasteiger partial charge in [-0.25, -0.2) is 4.98 Å². The maximum atomic E-state index is 13.1. The van der Waals surface area contributed by atoms with Crippen LogP contribution in [0.3, 0.4) is 0 Å². The van der Waals surface area contributed by atoms with Crippen molar-refractivity contribution in [2.75, 3.05) is 63.3 Å². The van der Waals surface area contributed by atoms with Crippen molar-refractivity contribution in [1.29, 1.82) is 0 Å². The van der Waals surface area contributed by atoms with Gasteiger partial charge in [-0.3, -0.25) is 4.79 Å². The highest BCUT2D eigenvalue weighted by molar-refractivity contribution is 7.22. The van der Waals surface area contributed by atoms with E-state index in [0.717, 1.165) is 47.2 Å². The first-order chi connectivity index (χ1) is 16.5. The molecule has 4 rings (SSSR count). The topological polar surface area (TPSA) is 76.2 Å². The molecule has 1 aromatic heterocycles. The van der Waals surface area contributed by atoms with Crippen molar-refractivity contribution in [3.63, 3.8) is 0 Å². The fourth-order valence-corrected chi connectivity index (χ4v) is 4.90. The molecule has 0 saturated carbocycles. The summed E-state index contributed by atoms with van der Waals surface area (Å²) in [6.07, 6.45) is 0. The minimum atomic E-state index is -0.242. The number of piperazine rings is 1. The number of nitrogens with one attached hydrogen (secondary N) is 1. The highest BCUT2D eigenvalue weighted by Crippen LogP contribution is 2.39. The molecule has 2 heterocycles. The number of aromatic nitrogens is 1. The van der Waals surface area contributed by atoms with E-state index in [1.165, 1.54) is 0 Å². The van der Waals surface area contributed by atoms with Gasteiger partial charge in [0.2, 0.25) is 5.75 Å². The van der Waals surface area contributed by atoms with E-state index >= 15 is 0 Å². The van der Waals surface area contributed by atoms with Crippen LogP contribution in [0.25, 0.3) is 10.2 Å². The molecule has 9 heteroatoms. The molecule has 0 radical (unpaired) electrons. The third-order valence-corrected chi connectivity index (χ3v) is 6.66. The Hall–Kier alpha value is -3.04. The Bertz CT molecular complexity index is 1110. The Balaban J connectivity index is 1.56. The van der Waals surface area contributed by atoms with Crippen LogP contribution in [0.4, 0.5) is 10.8 Å². The second kappa shape index (κ2) is 10.9. The van der Waals surface area contributed by atoms with E-state index in [2.05, 4.69) is 22.2 Å². The number of anilines is 2. The first kappa shape index (κ1) is 24.1. The summed E-state index contributed by atoms with van der Waals surface area (Å²) < 4.78 is 18.3. The smallest absolute Gasteiger partial charge is 0.255 e. The highest BCUT2D eigenvalue weighted by Gasteiger charge is 2.20. The van der Waals surface area contributed by atoms with Gasteiger partial charge in [-0.15, -0.1) is 0 Å². The van der Waals surface area contributed by atoms with Gasteiger partial charge in [0.1, 0.15) is 0 Å². The number of hydrogen-bond acceptors (Lipinski definition) is 8. The molecule has 0 unspecified atom stereocenters. The van der Waals surface area contributed by atoms with Crippen molar-refractivity contribution in [3.8, 4) is 17.2 Å². The number of benzene rings is 2. The van der Waals surface area contributed by atoms with Crippen LogP contribution in [-0.2, 0) is 0 Å². The highest BCUT2D eigenvalue weighted by atomic mass is 32.1. The Labute approximate surface area is 204 Å². The van der Waals surface area contributed by atoms with Crippen molar-refractivity contribution >= 4 is 38.3 Å².